The number of anilines is 1. The smallest absolute Gasteiger partial charge is 0.326 e. The van der Waals surface area contributed by atoms with Gasteiger partial charge in [0.05, 0.1) is 23.6 Å². The van der Waals surface area contributed by atoms with Crippen LogP contribution in [-0.4, -0.2) is 35.9 Å². The van der Waals surface area contributed by atoms with Crippen LogP contribution in [0.3, 0.4) is 0 Å². The van der Waals surface area contributed by atoms with Crippen molar-refractivity contribution in [3.63, 3.8) is 0 Å². The molecule has 0 fully saturated rings. The van der Waals surface area contributed by atoms with E-state index >= 15 is 0 Å². The number of benzene rings is 1. The minimum Gasteiger partial charge on any atom is -0.465 e. The van der Waals surface area contributed by atoms with Gasteiger partial charge in [0.2, 0.25) is 0 Å². The van der Waals surface area contributed by atoms with Crippen LogP contribution in [0, 0.1) is 0 Å². The summed E-state index contributed by atoms with van der Waals surface area (Å²) in [5.41, 5.74) is -1.24. The van der Waals surface area contributed by atoms with Crippen molar-refractivity contribution in [1.82, 2.24) is 0 Å². The summed E-state index contributed by atoms with van der Waals surface area (Å²) < 4.78 is 4.90. The van der Waals surface area contributed by atoms with Crippen LogP contribution in [0.5, 0.6) is 0 Å². The summed E-state index contributed by atoms with van der Waals surface area (Å²) in [6.45, 7) is 1.57. The molecule has 0 aliphatic carbocycles. The quantitative estimate of drug-likeness (QED) is 0.631. The lowest BCUT2D eigenvalue weighted by atomic mass is 9.89. The number of carbonyl (C=O) groups is 3. The SMILES string of the molecule is CCOC(=O)CN1C(=O)C(O)(CC(=O)c2cccs2)c2ccccc21. The van der Waals surface area contributed by atoms with E-state index in [1.807, 2.05) is 0 Å². The minimum atomic E-state index is -1.98. The van der Waals surface area contributed by atoms with E-state index in [2.05, 4.69) is 0 Å². The first-order chi connectivity index (χ1) is 12.0. The molecule has 1 aliphatic rings. The minimum absolute atomic E-state index is 0.198. The summed E-state index contributed by atoms with van der Waals surface area (Å²) in [5.74, 6) is -1.58. The maximum atomic E-state index is 12.8. The van der Waals surface area contributed by atoms with Crippen LogP contribution in [0.2, 0.25) is 0 Å². The van der Waals surface area contributed by atoms with Gasteiger partial charge in [-0.15, -0.1) is 11.3 Å². The topological polar surface area (TPSA) is 83.9 Å². The Labute approximate surface area is 148 Å². The highest BCUT2D eigenvalue weighted by atomic mass is 32.1. The van der Waals surface area contributed by atoms with Crippen LogP contribution in [0.4, 0.5) is 5.69 Å². The molecule has 7 heteroatoms. The fourth-order valence-corrected chi connectivity index (χ4v) is 3.59. The van der Waals surface area contributed by atoms with Crippen molar-refractivity contribution >= 4 is 34.7 Å². The molecule has 1 aromatic heterocycles. The molecule has 1 atom stereocenters. The molecule has 1 unspecified atom stereocenters. The molecule has 0 bridgehead atoms. The Morgan fingerprint density at radius 2 is 2.00 bits per heavy atom. The van der Waals surface area contributed by atoms with Crippen molar-refractivity contribution in [3.8, 4) is 0 Å². The third kappa shape index (κ3) is 3.08. The molecule has 1 N–H and O–H groups in total. The van der Waals surface area contributed by atoms with Gasteiger partial charge in [-0.05, 0) is 24.4 Å². The number of ketones is 1. The number of nitrogens with zero attached hydrogens (tertiary/aromatic N) is 1. The van der Waals surface area contributed by atoms with E-state index in [0.29, 0.717) is 16.1 Å². The molecule has 3 rings (SSSR count). The van der Waals surface area contributed by atoms with Gasteiger partial charge in [-0.25, -0.2) is 0 Å². The fourth-order valence-electron chi connectivity index (χ4n) is 2.93. The zero-order chi connectivity index (χ0) is 18.0. The van der Waals surface area contributed by atoms with Crippen LogP contribution in [0.25, 0.3) is 0 Å². The lowest BCUT2D eigenvalue weighted by molar-refractivity contribution is -0.144. The highest BCUT2D eigenvalue weighted by Crippen LogP contribution is 2.42. The molecule has 0 radical (unpaired) electrons. The Bertz CT molecular complexity index is 817. The van der Waals surface area contributed by atoms with Crippen molar-refractivity contribution in [2.45, 2.75) is 18.9 Å². The highest BCUT2D eigenvalue weighted by Gasteiger charge is 2.51. The van der Waals surface area contributed by atoms with Gasteiger partial charge in [0.1, 0.15) is 6.54 Å². The van der Waals surface area contributed by atoms with Crippen LogP contribution >= 0.6 is 11.3 Å². The average Bonchev–Trinajstić information content (AvgIpc) is 3.19. The third-order valence-corrected chi connectivity index (χ3v) is 4.96. The predicted octanol–water partition coefficient (Wildman–Crippen LogP) is 2.12. The number of rotatable bonds is 6. The molecule has 0 saturated carbocycles. The Balaban J connectivity index is 1.93. The number of carbonyl (C=O) groups excluding carboxylic acids is 3. The molecular weight excluding hydrogens is 342 g/mol. The second-order valence-corrected chi connectivity index (χ2v) is 6.60. The Kier molecular flexibility index (Phi) is 4.69. The summed E-state index contributed by atoms with van der Waals surface area (Å²) in [5, 5.41) is 12.8. The number of aliphatic hydroxyl groups is 1. The Morgan fingerprint density at radius 1 is 1.24 bits per heavy atom. The zero-order valence-corrected chi connectivity index (χ0v) is 14.4. The zero-order valence-electron chi connectivity index (χ0n) is 13.6. The first-order valence-corrected chi connectivity index (χ1v) is 8.71. The molecule has 0 spiro atoms. The predicted molar refractivity (Wildman–Crippen MR) is 92.6 cm³/mol. The summed E-state index contributed by atoms with van der Waals surface area (Å²) in [6, 6.07) is 10.0. The maximum absolute atomic E-state index is 12.8. The lowest BCUT2D eigenvalue weighted by Gasteiger charge is -2.22. The highest BCUT2D eigenvalue weighted by molar-refractivity contribution is 7.12. The maximum Gasteiger partial charge on any atom is 0.326 e. The number of thiophene rings is 1. The Morgan fingerprint density at radius 3 is 2.68 bits per heavy atom. The van der Waals surface area contributed by atoms with Gasteiger partial charge in [0.15, 0.2) is 11.4 Å². The molecule has 2 aromatic rings. The molecule has 1 aliphatic heterocycles. The molecule has 2 heterocycles. The number of para-hydroxylation sites is 1. The van der Waals surface area contributed by atoms with Gasteiger partial charge >= 0.3 is 5.97 Å². The summed E-state index contributed by atoms with van der Waals surface area (Å²) >= 11 is 1.25. The van der Waals surface area contributed by atoms with Crippen molar-refractivity contribution in [1.29, 1.82) is 0 Å². The standard InChI is InChI=1S/C18H17NO5S/c1-2-24-16(21)11-19-13-7-4-3-6-12(13)18(23,17(19)22)10-14(20)15-8-5-9-25-15/h3-9,23H,2,10-11H2,1H3. The summed E-state index contributed by atoms with van der Waals surface area (Å²) in [6.07, 6.45) is -0.372. The van der Waals surface area contributed by atoms with Gasteiger partial charge in [0, 0.05) is 5.56 Å². The largest absolute Gasteiger partial charge is 0.465 e. The molecular formula is C18H17NO5S. The lowest BCUT2D eigenvalue weighted by Crippen LogP contribution is -2.43. The molecule has 6 nitrogen and oxygen atoms in total. The normalized spacial score (nSPS) is 19.0. The van der Waals surface area contributed by atoms with Crippen LogP contribution in [0.1, 0.15) is 28.6 Å². The van der Waals surface area contributed by atoms with E-state index in [0.717, 1.165) is 0 Å². The molecule has 1 aromatic carbocycles. The van der Waals surface area contributed by atoms with Crippen molar-refractivity contribution in [2.75, 3.05) is 18.1 Å². The van der Waals surface area contributed by atoms with E-state index in [4.69, 9.17) is 4.74 Å². The number of ether oxygens (including phenoxy) is 1. The van der Waals surface area contributed by atoms with Crippen molar-refractivity contribution < 1.29 is 24.2 Å². The van der Waals surface area contributed by atoms with E-state index in [-0.39, 0.29) is 25.4 Å². The Hall–Kier alpha value is -2.51. The van der Waals surface area contributed by atoms with Crippen LogP contribution < -0.4 is 4.90 Å². The summed E-state index contributed by atoms with van der Waals surface area (Å²) in [4.78, 5) is 38.8. The summed E-state index contributed by atoms with van der Waals surface area (Å²) in [7, 11) is 0. The second kappa shape index (κ2) is 6.78. The van der Waals surface area contributed by atoms with Crippen molar-refractivity contribution in [2.24, 2.45) is 0 Å². The number of hydrogen-bond acceptors (Lipinski definition) is 6. The number of esters is 1. The van der Waals surface area contributed by atoms with Gasteiger partial charge in [0.25, 0.3) is 5.91 Å². The molecule has 130 valence electrons. The van der Waals surface area contributed by atoms with Gasteiger partial charge in [-0.2, -0.15) is 0 Å². The number of Topliss-reactive ketones (excluding diaryl/α,β-unsaturated/α-hetero) is 1. The number of fused-ring (bicyclic) bond motifs is 1. The van der Waals surface area contributed by atoms with Crippen LogP contribution in [-0.2, 0) is 19.9 Å². The van der Waals surface area contributed by atoms with Gasteiger partial charge in [-0.1, -0.05) is 24.3 Å². The molecule has 25 heavy (non-hydrogen) atoms. The van der Waals surface area contributed by atoms with Crippen LogP contribution in [0.15, 0.2) is 41.8 Å². The van der Waals surface area contributed by atoms with Gasteiger partial charge < -0.3 is 9.84 Å². The van der Waals surface area contributed by atoms with Crippen molar-refractivity contribution in [3.05, 3.63) is 52.2 Å². The number of hydrogen-bond donors (Lipinski definition) is 1. The third-order valence-electron chi connectivity index (χ3n) is 4.04. The average molecular weight is 359 g/mol. The first-order valence-electron chi connectivity index (χ1n) is 7.83. The monoisotopic (exact) mass is 359 g/mol. The molecule has 0 saturated heterocycles. The second-order valence-electron chi connectivity index (χ2n) is 5.65. The van der Waals surface area contributed by atoms with E-state index in [1.54, 1.807) is 48.7 Å². The first kappa shape index (κ1) is 17.3. The molecule has 1 amide bonds. The number of amides is 1. The van der Waals surface area contributed by atoms with E-state index in [1.165, 1.54) is 16.2 Å². The van der Waals surface area contributed by atoms with E-state index in [9.17, 15) is 19.5 Å². The van der Waals surface area contributed by atoms with E-state index < -0.39 is 17.5 Å². The fraction of sp³-hybridized carbons (Fsp3) is 0.278. The van der Waals surface area contributed by atoms with Gasteiger partial charge in [-0.3, -0.25) is 19.3 Å².